The highest BCUT2D eigenvalue weighted by molar-refractivity contribution is 7.97. The van der Waals surface area contributed by atoms with E-state index >= 15 is 8.78 Å². The molecular weight excluding hydrogens is 656 g/mol. The van der Waals surface area contributed by atoms with E-state index in [0.717, 1.165) is 70.2 Å². The molecule has 1 N–H and O–H groups in total. The van der Waals surface area contributed by atoms with Crippen molar-refractivity contribution in [1.82, 2.24) is 24.1 Å². The summed E-state index contributed by atoms with van der Waals surface area (Å²) in [5.41, 5.74) is 7.98. The van der Waals surface area contributed by atoms with Crippen LogP contribution in [-0.2, 0) is 64.3 Å². The van der Waals surface area contributed by atoms with Crippen molar-refractivity contribution in [3.8, 4) is 16.9 Å². The number of hydrogen-bond acceptors (Lipinski definition) is 5. The zero-order valence-electron chi connectivity index (χ0n) is 27.5. The van der Waals surface area contributed by atoms with Gasteiger partial charge in [-0.1, -0.05) is 17.7 Å². The van der Waals surface area contributed by atoms with Crippen LogP contribution in [0.15, 0.2) is 30.3 Å². The van der Waals surface area contributed by atoms with Crippen molar-refractivity contribution in [3.05, 3.63) is 86.1 Å². The van der Waals surface area contributed by atoms with Crippen LogP contribution in [-0.4, -0.2) is 41.8 Å². The average Bonchev–Trinajstić information content (AvgIpc) is 3.63. The molecule has 0 radical (unpaired) electrons. The van der Waals surface area contributed by atoms with E-state index in [1.54, 1.807) is 47.2 Å². The molecule has 0 saturated heterocycles. The minimum Gasteiger partial charge on any atom is -0.493 e. The third kappa shape index (κ3) is 5.68. The van der Waals surface area contributed by atoms with Crippen molar-refractivity contribution in [2.75, 3.05) is 6.61 Å². The van der Waals surface area contributed by atoms with Gasteiger partial charge in [0.25, 0.3) is 5.92 Å². The van der Waals surface area contributed by atoms with Gasteiger partial charge in [0.2, 0.25) is 0 Å². The summed E-state index contributed by atoms with van der Waals surface area (Å²) in [4.78, 5) is 12.7. The van der Waals surface area contributed by atoms with Gasteiger partial charge in [0.05, 0.1) is 35.0 Å². The molecule has 252 valence electrons. The summed E-state index contributed by atoms with van der Waals surface area (Å²) in [6, 6.07) is 8.66. The quantitative estimate of drug-likeness (QED) is 0.192. The molecule has 0 spiro atoms. The minimum absolute atomic E-state index is 0.0501. The number of halogens is 3. The van der Waals surface area contributed by atoms with Gasteiger partial charge in [0.15, 0.2) is 0 Å². The molecule has 3 aromatic heterocycles. The van der Waals surface area contributed by atoms with Crippen LogP contribution in [0, 0.1) is 6.92 Å². The molecule has 0 atom stereocenters. The fourth-order valence-electron chi connectivity index (χ4n) is 7.45. The molecule has 4 heterocycles. The molecule has 2 aromatic carbocycles. The number of aryl methyl sites for hydroxylation is 5. The summed E-state index contributed by atoms with van der Waals surface area (Å²) in [6.07, 6.45) is 3.91. The standard InChI is InChI=1S/C36H38ClF2N5O3S/c1-20-31-29(41-43(20)3)19-48-18-23-16-24(44(4)40-23)17-36(38,39)22-14-21-8-5-6-9-25(21)30(15-22)47-13-7-10-26-27-11-12-28(37)32(31)33(27)42(2)34(26)35(45)46/h11-12,14-16H,5-10,13,17-19H2,1-4H3,(H,45,46). The molecule has 12 heteroatoms. The summed E-state index contributed by atoms with van der Waals surface area (Å²) >= 11 is 8.54. The lowest BCUT2D eigenvalue weighted by molar-refractivity contribution is -0.00597. The first-order chi connectivity index (χ1) is 22.9. The third-order valence-electron chi connectivity index (χ3n) is 9.86. The Morgan fingerprint density at radius 2 is 1.75 bits per heavy atom. The Balaban J connectivity index is 1.37. The number of thioether (sulfide) groups is 1. The number of nitrogens with zero attached hydrogens (tertiary/aromatic N) is 5. The average molecular weight is 694 g/mol. The van der Waals surface area contributed by atoms with E-state index in [0.29, 0.717) is 52.1 Å². The van der Waals surface area contributed by atoms with Gasteiger partial charge >= 0.3 is 5.97 Å². The van der Waals surface area contributed by atoms with Crippen LogP contribution < -0.4 is 4.74 Å². The van der Waals surface area contributed by atoms with E-state index in [4.69, 9.17) is 21.4 Å². The summed E-state index contributed by atoms with van der Waals surface area (Å²) in [6.45, 7) is 2.23. The van der Waals surface area contributed by atoms with E-state index in [-0.39, 0.29) is 17.9 Å². The molecule has 8 nitrogen and oxygen atoms in total. The zero-order valence-corrected chi connectivity index (χ0v) is 29.1. The summed E-state index contributed by atoms with van der Waals surface area (Å²) < 4.78 is 43.5. The van der Waals surface area contributed by atoms with Crippen LogP contribution >= 0.6 is 23.4 Å². The molecule has 8 bridgehead atoms. The molecular formula is C36H38ClF2N5O3S. The van der Waals surface area contributed by atoms with Gasteiger partial charge in [-0.25, -0.2) is 13.6 Å². The second-order valence-corrected chi connectivity index (χ2v) is 14.3. The van der Waals surface area contributed by atoms with Crippen molar-refractivity contribution in [3.63, 3.8) is 0 Å². The van der Waals surface area contributed by atoms with Crippen LogP contribution in [0.2, 0.25) is 5.02 Å². The van der Waals surface area contributed by atoms with Gasteiger partial charge in [0, 0.05) is 66.1 Å². The molecule has 5 aromatic rings. The molecule has 0 fully saturated rings. The van der Waals surface area contributed by atoms with Gasteiger partial charge in [-0.15, -0.1) is 11.8 Å². The fourth-order valence-corrected chi connectivity index (χ4v) is 8.55. The monoisotopic (exact) mass is 693 g/mol. The Bertz CT molecular complexity index is 2080. The predicted octanol–water partition coefficient (Wildman–Crippen LogP) is 7.94. The number of carbonyl (C=O) groups is 1. The number of benzene rings is 2. The molecule has 0 unspecified atom stereocenters. The van der Waals surface area contributed by atoms with Crippen molar-refractivity contribution >= 4 is 40.2 Å². The molecule has 1 aliphatic heterocycles. The van der Waals surface area contributed by atoms with Crippen LogP contribution in [0.1, 0.15) is 74.8 Å². The Morgan fingerprint density at radius 1 is 0.979 bits per heavy atom. The summed E-state index contributed by atoms with van der Waals surface area (Å²) in [5, 5.41) is 21.1. The number of alkyl halides is 2. The number of hydrogen-bond donors (Lipinski definition) is 1. The number of ether oxygens (including phenoxy) is 1. The van der Waals surface area contributed by atoms with E-state index in [9.17, 15) is 9.90 Å². The Hall–Kier alpha value is -3.83. The maximum Gasteiger partial charge on any atom is 0.352 e. The summed E-state index contributed by atoms with van der Waals surface area (Å²) in [5.74, 6) is -2.64. The smallest absolute Gasteiger partial charge is 0.352 e. The predicted molar refractivity (Wildman–Crippen MR) is 185 cm³/mol. The van der Waals surface area contributed by atoms with Gasteiger partial charge in [-0.3, -0.25) is 9.36 Å². The largest absolute Gasteiger partial charge is 0.493 e. The topological polar surface area (TPSA) is 87.1 Å². The third-order valence-corrected chi connectivity index (χ3v) is 11.2. The molecule has 1 aliphatic carbocycles. The van der Waals surface area contributed by atoms with E-state index in [1.165, 1.54) is 6.07 Å². The number of carboxylic acids is 1. The second-order valence-electron chi connectivity index (χ2n) is 12.9. The number of rotatable bonds is 1. The van der Waals surface area contributed by atoms with Gasteiger partial charge in [0.1, 0.15) is 11.4 Å². The Morgan fingerprint density at radius 3 is 2.54 bits per heavy atom. The van der Waals surface area contributed by atoms with Crippen LogP contribution in [0.4, 0.5) is 8.78 Å². The maximum atomic E-state index is 16.0. The lowest BCUT2D eigenvalue weighted by Crippen LogP contribution is -2.20. The number of aromatic nitrogens is 5. The van der Waals surface area contributed by atoms with Crippen molar-refractivity contribution in [2.24, 2.45) is 21.1 Å². The summed E-state index contributed by atoms with van der Waals surface area (Å²) in [7, 11) is 5.35. The first kappa shape index (κ1) is 32.7. The zero-order chi connectivity index (χ0) is 33.9. The highest BCUT2D eigenvalue weighted by Gasteiger charge is 2.35. The molecule has 0 amide bonds. The Labute approximate surface area is 287 Å². The lowest BCUT2D eigenvalue weighted by atomic mass is 9.88. The van der Waals surface area contributed by atoms with Crippen LogP contribution in [0.25, 0.3) is 22.0 Å². The van der Waals surface area contributed by atoms with E-state index < -0.39 is 18.3 Å². The maximum absolute atomic E-state index is 16.0. The molecule has 0 saturated carbocycles. The number of aromatic carboxylic acids is 1. The first-order valence-electron chi connectivity index (χ1n) is 16.3. The second kappa shape index (κ2) is 12.6. The Kier molecular flexibility index (Phi) is 8.56. The molecule has 48 heavy (non-hydrogen) atoms. The SMILES string of the molecule is Cc1c2c(nn1C)CSCc1cc(n(C)n1)CC(F)(F)c1cc3c(c(c1)OCCCc1c(C(=O)O)n(C)c4c-2c(Cl)ccc14)CCCC3. The van der Waals surface area contributed by atoms with Crippen molar-refractivity contribution < 1.29 is 23.4 Å². The molecule has 7 rings (SSSR count). The van der Waals surface area contributed by atoms with Crippen LogP contribution in [0.5, 0.6) is 5.75 Å². The van der Waals surface area contributed by atoms with Crippen molar-refractivity contribution in [2.45, 2.75) is 69.3 Å². The highest BCUT2D eigenvalue weighted by Crippen LogP contribution is 2.43. The normalized spacial score (nSPS) is 16.6. The van der Waals surface area contributed by atoms with Gasteiger partial charge in [-0.05, 0) is 86.4 Å². The lowest BCUT2D eigenvalue weighted by Gasteiger charge is -2.24. The minimum atomic E-state index is -3.13. The first-order valence-corrected chi connectivity index (χ1v) is 17.8. The van der Waals surface area contributed by atoms with Crippen molar-refractivity contribution in [1.29, 1.82) is 0 Å². The van der Waals surface area contributed by atoms with Gasteiger partial charge in [-0.2, -0.15) is 10.2 Å². The highest BCUT2D eigenvalue weighted by atomic mass is 35.5. The van der Waals surface area contributed by atoms with E-state index in [2.05, 4.69) is 5.10 Å². The number of fused-ring (bicyclic) bond motifs is 8. The number of carboxylic acid groups (broad SMARTS) is 1. The molecule has 2 aliphatic rings. The van der Waals surface area contributed by atoms with Crippen LogP contribution in [0.3, 0.4) is 0 Å². The van der Waals surface area contributed by atoms with E-state index in [1.807, 2.05) is 30.8 Å². The van der Waals surface area contributed by atoms with Gasteiger partial charge < -0.3 is 14.4 Å². The fraction of sp³-hybridized carbons (Fsp3) is 0.417.